The number of ketones is 1. The Morgan fingerprint density at radius 2 is 1.62 bits per heavy atom. The summed E-state index contributed by atoms with van der Waals surface area (Å²) in [5, 5.41) is 0. The van der Waals surface area contributed by atoms with Crippen LogP contribution in [-0.2, 0) is 19.4 Å². The fourth-order valence-corrected chi connectivity index (χ4v) is 5.40. The van der Waals surface area contributed by atoms with Gasteiger partial charge in [0.05, 0.1) is 11.2 Å². The van der Waals surface area contributed by atoms with Crippen LogP contribution in [-0.4, -0.2) is 54.8 Å². The van der Waals surface area contributed by atoms with E-state index in [1.54, 1.807) is 20.8 Å². The minimum atomic E-state index is -4.89. The van der Waals surface area contributed by atoms with Crippen molar-refractivity contribution in [2.75, 3.05) is 18.1 Å². The van der Waals surface area contributed by atoms with E-state index in [2.05, 4.69) is 0 Å². The predicted molar refractivity (Wildman–Crippen MR) is 90.0 cm³/mol. The van der Waals surface area contributed by atoms with E-state index in [0.29, 0.717) is 0 Å². The highest BCUT2D eigenvalue weighted by Crippen LogP contribution is 2.53. The second-order valence-corrected chi connectivity index (χ2v) is 10.2. The Morgan fingerprint density at radius 3 is 2.04 bits per heavy atom. The first-order valence-corrected chi connectivity index (χ1v) is 9.85. The van der Waals surface area contributed by atoms with Crippen molar-refractivity contribution in [3.05, 3.63) is 24.3 Å². The van der Waals surface area contributed by atoms with Crippen LogP contribution in [0, 0.1) is 10.8 Å². The highest BCUT2D eigenvalue weighted by Gasteiger charge is 2.62. The summed E-state index contributed by atoms with van der Waals surface area (Å²) in [6.07, 6.45) is 0.466. The van der Waals surface area contributed by atoms with Crippen molar-refractivity contribution in [3.63, 3.8) is 0 Å². The monoisotopic (exact) mass is 393 g/mol. The molecule has 1 heterocycles. The van der Waals surface area contributed by atoms with Crippen molar-refractivity contribution >= 4 is 21.5 Å². The molecule has 26 heavy (non-hydrogen) atoms. The van der Waals surface area contributed by atoms with Crippen LogP contribution in [0.4, 0.5) is 13.2 Å². The second kappa shape index (κ2) is 5.94. The zero-order valence-corrected chi connectivity index (χ0v) is 15.9. The van der Waals surface area contributed by atoms with Crippen LogP contribution >= 0.6 is 0 Å². The molecule has 2 rings (SSSR count). The number of rotatable bonds is 3. The van der Waals surface area contributed by atoms with Crippen molar-refractivity contribution < 1.29 is 31.2 Å². The normalized spacial score (nSPS) is 26.2. The van der Waals surface area contributed by atoms with Crippen LogP contribution in [0.5, 0.6) is 0 Å². The van der Waals surface area contributed by atoms with Crippen LogP contribution in [0.25, 0.3) is 0 Å². The van der Waals surface area contributed by atoms with Gasteiger partial charge < -0.3 is 4.90 Å². The van der Waals surface area contributed by atoms with Crippen molar-refractivity contribution in [2.45, 2.75) is 39.4 Å². The minimum absolute atomic E-state index is 0.0909. The zero-order valence-electron chi connectivity index (χ0n) is 15.1. The number of carbonyl (C=O) groups excluding carboxylic acids is 2. The Morgan fingerprint density at radius 1 is 1.12 bits per heavy atom. The van der Waals surface area contributed by atoms with E-state index in [0.717, 1.165) is 0 Å². The van der Waals surface area contributed by atoms with Crippen LogP contribution in [0.2, 0.25) is 0 Å². The number of likely N-dealkylation sites (tertiary alicyclic amines) is 1. The van der Waals surface area contributed by atoms with Crippen LogP contribution in [0.3, 0.4) is 0 Å². The molecule has 0 radical (unpaired) electrons. The molecule has 1 aliphatic carbocycles. The van der Waals surface area contributed by atoms with Crippen molar-refractivity contribution in [1.82, 2.24) is 4.90 Å². The van der Waals surface area contributed by atoms with Crippen LogP contribution in [0.1, 0.15) is 27.7 Å². The summed E-state index contributed by atoms with van der Waals surface area (Å²) in [6, 6.07) is 0. The fraction of sp³-hybridized carbons (Fsp3) is 0.647. The number of amides is 1. The number of hydrogen-bond acceptors (Lipinski definition) is 4. The smallest absolute Gasteiger partial charge is 0.336 e. The van der Waals surface area contributed by atoms with Gasteiger partial charge in [-0.2, -0.15) is 13.2 Å². The van der Waals surface area contributed by atoms with E-state index in [4.69, 9.17) is 0 Å². The third-order valence-electron chi connectivity index (χ3n) is 4.96. The van der Waals surface area contributed by atoms with Gasteiger partial charge in [-0.15, -0.1) is 0 Å². The average molecular weight is 393 g/mol. The lowest BCUT2D eigenvalue weighted by atomic mass is 9.66. The molecule has 1 amide bonds. The van der Waals surface area contributed by atoms with Gasteiger partial charge >= 0.3 is 6.18 Å². The van der Waals surface area contributed by atoms with E-state index in [9.17, 15) is 31.2 Å². The molecular formula is C17H22F3NO4S. The van der Waals surface area contributed by atoms with E-state index in [-0.39, 0.29) is 12.3 Å². The molecule has 0 saturated carbocycles. The first kappa shape index (κ1) is 20.7. The summed E-state index contributed by atoms with van der Waals surface area (Å²) in [6.45, 7) is 6.73. The molecule has 1 spiro atoms. The number of halogens is 3. The Bertz CT molecular complexity index is 774. The van der Waals surface area contributed by atoms with E-state index < -0.39 is 49.8 Å². The highest BCUT2D eigenvalue weighted by molar-refractivity contribution is 7.91. The second-order valence-electron chi connectivity index (χ2n) is 8.15. The van der Waals surface area contributed by atoms with Crippen molar-refractivity contribution in [1.29, 1.82) is 0 Å². The number of sulfone groups is 1. The molecule has 2 aliphatic rings. The summed E-state index contributed by atoms with van der Waals surface area (Å²) in [4.78, 5) is 26.1. The third-order valence-corrected chi connectivity index (χ3v) is 6.74. The molecule has 146 valence electrons. The number of allylic oxidation sites excluding steroid dienone is 2. The minimum Gasteiger partial charge on any atom is -0.336 e. The van der Waals surface area contributed by atoms with E-state index in [1.165, 1.54) is 36.1 Å². The topological polar surface area (TPSA) is 71.5 Å². The molecule has 1 unspecified atom stereocenters. The summed E-state index contributed by atoms with van der Waals surface area (Å²) < 4.78 is 62.3. The largest absolute Gasteiger partial charge is 0.402 e. The Balaban J connectivity index is 2.54. The third kappa shape index (κ3) is 3.72. The lowest BCUT2D eigenvalue weighted by Crippen LogP contribution is -2.48. The van der Waals surface area contributed by atoms with Crippen LogP contribution in [0.15, 0.2) is 24.3 Å². The summed E-state index contributed by atoms with van der Waals surface area (Å²) >= 11 is 0. The quantitative estimate of drug-likeness (QED) is 0.738. The molecular weight excluding hydrogens is 371 g/mol. The first-order chi connectivity index (χ1) is 11.5. The highest BCUT2D eigenvalue weighted by atomic mass is 32.2. The van der Waals surface area contributed by atoms with Gasteiger partial charge in [0.25, 0.3) is 0 Å². The Labute approximate surface area is 150 Å². The maximum absolute atomic E-state index is 13.1. The van der Waals surface area contributed by atoms with E-state index >= 15 is 0 Å². The summed E-state index contributed by atoms with van der Waals surface area (Å²) in [7, 11) is -4.60. The molecule has 5 nitrogen and oxygen atoms in total. The summed E-state index contributed by atoms with van der Waals surface area (Å²) in [5.74, 6) is -3.80. The Kier molecular flexibility index (Phi) is 4.72. The molecule has 9 heteroatoms. The average Bonchev–Trinajstić information content (AvgIpc) is 2.60. The number of hydrogen-bond donors (Lipinski definition) is 0. The standard InChI is InChI=1S/C17H22F3NO4S/c1-14(2,3)21-9-16(7-5-12(22)6-8-16)15(4,13(21)23)10-26(24,25)11-17(18,19)20/h5-8H,9-11H2,1-4H3. The molecule has 1 fully saturated rings. The van der Waals surface area contributed by atoms with Crippen molar-refractivity contribution in [3.8, 4) is 0 Å². The molecule has 1 atom stereocenters. The SMILES string of the molecule is CC(C)(C)N1CC2(C=CC(=O)C=C2)C(C)(CS(=O)(=O)CC(F)(F)F)C1=O. The predicted octanol–water partition coefficient (Wildman–Crippen LogP) is 2.29. The van der Waals surface area contributed by atoms with E-state index in [1.807, 2.05) is 0 Å². The maximum Gasteiger partial charge on any atom is 0.402 e. The molecule has 0 aromatic carbocycles. The number of alkyl halides is 3. The van der Waals surface area contributed by atoms with Gasteiger partial charge in [-0.1, -0.05) is 12.2 Å². The van der Waals surface area contributed by atoms with Gasteiger partial charge in [0.1, 0.15) is 5.75 Å². The lowest BCUT2D eigenvalue weighted by Gasteiger charge is -2.37. The molecule has 0 bridgehead atoms. The first-order valence-electron chi connectivity index (χ1n) is 8.03. The Hall–Kier alpha value is -1.64. The zero-order chi connectivity index (χ0) is 20.2. The maximum atomic E-state index is 13.1. The van der Waals surface area contributed by atoms with Gasteiger partial charge in [-0.05, 0) is 39.8 Å². The van der Waals surface area contributed by atoms with Gasteiger partial charge in [-0.3, -0.25) is 9.59 Å². The van der Waals surface area contributed by atoms with Gasteiger partial charge in [0.2, 0.25) is 5.91 Å². The lowest BCUT2D eigenvalue weighted by molar-refractivity contribution is -0.139. The number of nitrogens with zero attached hydrogens (tertiary/aromatic N) is 1. The number of carbonyl (C=O) groups is 2. The molecule has 0 aromatic rings. The molecule has 1 aliphatic heterocycles. The van der Waals surface area contributed by atoms with Gasteiger partial charge in [0.15, 0.2) is 15.6 Å². The molecule has 1 saturated heterocycles. The van der Waals surface area contributed by atoms with Crippen LogP contribution < -0.4 is 0 Å². The molecule has 0 N–H and O–H groups in total. The van der Waals surface area contributed by atoms with Gasteiger partial charge in [0, 0.05) is 17.5 Å². The molecule has 0 aromatic heterocycles. The van der Waals surface area contributed by atoms with Crippen molar-refractivity contribution in [2.24, 2.45) is 10.8 Å². The summed E-state index contributed by atoms with van der Waals surface area (Å²) in [5.41, 5.74) is -3.46. The van der Waals surface area contributed by atoms with Gasteiger partial charge in [-0.25, -0.2) is 8.42 Å². The fourth-order valence-electron chi connectivity index (χ4n) is 3.53.